The minimum absolute atomic E-state index is 0. The summed E-state index contributed by atoms with van der Waals surface area (Å²) in [4.78, 5) is 0. The second-order valence-electron chi connectivity index (χ2n) is 0.192. The van der Waals surface area contributed by atoms with E-state index in [2.05, 4.69) is 11.5 Å². The van der Waals surface area contributed by atoms with Crippen LogP contribution in [0, 0.1) is 14.1 Å². The molecule has 0 aromatic rings. The number of hydrogen-bond donors (Lipinski definition) is 2. The maximum Gasteiger partial charge on any atom is 0 e. The molecule has 0 aromatic carbocycles. The van der Waals surface area contributed by atoms with Gasteiger partial charge in [0.05, 0.1) is 0 Å². The second kappa shape index (κ2) is 42.5. The smallest absolute Gasteiger partial charge is 0 e. The van der Waals surface area contributed by atoms with Crippen molar-refractivity contribution in [1.82, 2.24) is 0 Å². The zero-order chi connectivity index (χ0) is 2.71. The van der Waals surface area contributed by atoms with E-state index in [1.54, 1.807) is 0 Å². The number of hydrogen-bond acceptors (Lipinski definition) is 2. The molecule has 2 nitrogen and oxygen atoms in total. The molecule has 0 saturated carbocycles. The van der Waals surface area contributed by atoms with Crippen LogP contribution in [0.1, 0.15) is 0 Å². The van der Waals surface area contributed by atoms with E-state index in [1.165, 1.54) is 0 Å². The number of nitrogens with two attached hydrogens (primary N) is 2. The van der Waals surface area contributed by atoms with Gasteiger partial charge in [0.25, 0.3) is 0 Å². The van der Waals surface area contributed by atoms with Gasteiger partial charge in [-0.2, -0.15) is 0 Å². The maximum atomic E-state index is 4.50. The van der Waals surface area contributed by atoms with Crippen LogP contribution >= 0.6 is 0 Å². The summed E-state index contributed by atoms with van der Waals surface area (Å²) in [6, 6.07) is 0. The summed E-state index contributed by atoms with van der Waals surface area (Å²) < 4.78 is 0. The normalized spacial score (nSPS) is 2.25. The van der Waals surface area contributed by atoms with Crippen molar-refractivity contribution in [2.75, 3.05) is 0 Å². The first kappa shape index (κ1) is 39.5. The molecule has 0 atom stereocenters. The summed E-state index contributed by atoms with van der Waals surface area (Å²) in [5.74, 6) is 0. The molecule has 0 aliphatic rings. The molecule has 4 radical (unpaired) electrons. The molecule has 6 heteroatoms. The second-order valence-corrected chi connectivity index (χ2v) is 0.192. The molecular weight excluding hydrogens is 408 g/mol. The first-order chi connectivity index (χ1) is 1.41. The van der Waals surface area contributed by atoms with Crippen LogP contribution in [0.2, 0.25) is 0 Å². The van der Waals surface area contributed by atoms with Crippen LogP contribution in [-0.4, -0.2) is 0 Å². The van der Waals surface area contributed by atoms with Crippen LogP contribution in [-0.2, 0) is 131 Å². The molecular formula is C2H8N2Y4-2. The molecule has 0 unspecified atom stereocenters. The predicted molar refractivity (Wildman–Crippen MR) is 19.1 cm³/mol. The van der Waals surface area contributed by atoms with E-state index < -0.39 is 0 Å². The summed E-state index contributed by atoms with van der Waals surface area (Å²) in [5, 5.41) is 0. The van der Waals surface area contributed by atoms with Gasteiger partial charge in [0.1, 0.15) is 0 Å². The van der Waals surface area contributed by atoms with Gasteiger partial charge < -0.3 is 18.9 Å². The van der Waals surface area contributed by atoms with Crippen molar-refractivity contribution in [1.29, 1.82) is 0 Å². The van der Waals surface area contributed by atoms with E-state index in [1.807, 2.05) is 0 Å². The topological polar surface area (TPSA) is 52.0 Å². The average molecular weight is 416 g/mol. The van der Waals surface area contributed by atoms with Crippen molar-refractivity contribution in [3.8, 4) is 0 Å². The molecule has 0 bridgehead atoms. The van der Waals surface area contributed by atoms with Crippen molar-refractivity contribution in [2.45, 2.75) is 0 Å². The fourth-order valence-corrected chi connectivity index (χ4v) is 0. The van der Waals surface area contributed by atoms with Crippen LogP contribution < -0.4 is 11.5 Å². The average Bonchev–Trinajstić information content (AvgIpc) is 0.918. The first-order valence-electron chi connectivity index (χ1n) is 0.667. The van der Waals surface area contributed by atoms with E-state index in [0.717, 1.165) is 6.67 Å². The molecule has 0 saturated heterocycles. The standard InChI is InChI=1S/CH5N2.CH3.4Y/c2-1-3;;;;;/h1H,2-3H2;1H3;;;;/q2*-1;;;;. The van der Waals surface area contributed by atoms with Gasteiger partial charge in [-0.3, -0.25) is 0 Å². The molecule has 0 aliphatic heterocycles. The van der Waals surface area contributed by atoms with Crippen molar-refractivity contribution in [2.24, 2.45) is 11.5 Å². The molecule has 40 valence electrons. The first-order valence-corrected chi connectivity index (χ1v) is 0.667. The molecule has 0 spiro atoms. The fourth-order valence-electron chi connectivity index (χ4n) is 0. The van der Waals surface area contributed by atoms with Crippen LogP contribution in [0.5, 0.6) is 0 Å². The quantitative estimate of drug-likeness (QED) is 0.522. The summed E-state index contributed by atoms with van der Waals surface area (Å²) in [5.41, 5.74) is 9.00. The van der Waals surface area contributed by atoms with Crippen LogP contribution in [0.3, 0.4) is 0 Å². The van der Waals surface area contributed by atoms with Crippen molar-refractivity contribution in [3.05, 3.63) is 14.1 Å². The van der Waals surface area contributed by atoms with Gasteiger partial charge in [-0.05, 0) is 0 Å². The van der Waals surface area contributed by atoms with Gasteiger partial charge in [-0.15, -0.1) is 0 Å². The Labute approximate surface area is 152 Å². The zero-order valence-corrected chi connectivity index (χ0v) is 16.4. The molecule has 4 N–H and O–H groups in total. The Balaban J connectivity index is -0.00000000200. The third-order valence-electron chi connectivity index (χ3n) is 0. The monoisotopic (exact) mass is 416 g/mol. The van der Waals surface area contributed by atoms with Crippen molar-refractivity contribution in [3.63, 3.8) is 0 Å². The molecule has 0 rings (SSSR count). The summed E-state index contributed by atoms with van der Waals surface area (Å²) in [6.07, 6.45) is 0. The summed E-state index contributed by atoms with van der Waals surface area (Å²) in [7, 11) is 0. The van der Waals surface area contributed by atoms with E-state index >= 15 is 0 Å². The largest absolute Gasteiger partial charge is 0.470 e. The van der Waals surface area contributed by atoms with Crippen molar-refractivity contribution < 1.29 is 131 Å². The Bertz CT molecular complexity index is 12.0. The van der Waals surface area contributed by atoms with Gasteiger partial charge >= 0.3 is 0 Å². The van der Waals surface area contributed by atoms with E-state index in [0.29, 0.717) is 0 Å². The van der Waals surface area contributed by atoms with E-state index in [4.69, 9.17) is 0 Å². The SMILES string of the molecule is N[CH-]N.[CH3-].[Y].[Y].[Y].[Y]. The summed E-state index contributed by atoms with van der Waals surface area (Å²) in [6.45, 7) is 1.00. The molecule has 8 heavy (non-hydrogen) atoms. The van der Waals surface area contributed by atoms with Crippen molar-refractivity contribution >= 4 is 0 Å². The summed E-state index contributed by atoms with van der Waals surface area (Å²) >= 11 is 0. The van der Waals surface area contributed by atoms with E-state index in [9.17, 15) is 0 Å². The third kappa shape index (κ3) is 47.9. The molecule has 0 heterocycles. The Kier molecular flexibility index (Phi) is 210. The minimum Gasteiger partial charge on any atom is -0.470 e. The molecule has 0 fully saturated rings. The van der Waals surface area contributed by atoms with Gasteiger partial charge in [0.15, 0.2) is 0 Å². The van der Waals surface area contributed by atoms with Crippen LogP contribution in [0.25, 0.3) is 0 Å². The minimum atomic E-state index is 0. The third-order valence-corrected chi connectivity index (χ3v) is 0. The van der Waals surface area contributed by atoms with Gasteiger partial charge in [-0.1, -0.05) is 0 Å². The zero-order valence-electron chi connectivity index (χ0n) is 5.04. The molecule has 0 amide bonds. The van der Waals surface area contributed by atoms with Crippen LogP contribution in [0.4, 0.5) is 0 Å². The predicted octanol–water partition coefficient (Wildman–Crippen LogP) is -0.537. The van der Waals surface area contributed by atoms with Crippen LogP contribution in [0.15, 0.2) is 0 Å². The Morgan fingerprint density at radius 1 is 0.750 bits per heavy atom. The Hall–Kier alpha value is 4.34. The van der Waals surface area contributed by atoms with Gasteiger partial charge in [0, 0.05) is 131 Å². The van der Waals surface area contributed by atoms with Gasteiger partial charge in [0.2, 0.25) is 0 Å². The Morgan fingerprint density at radius 2 is 0.750 bits per heavy atom. The fraction of sp³-hybridized carbons (Fsp3) is 0. The molecule has 0 aromatic heterocycles. The molecule has 0 aliphatic carbocycles. The van der Waals surface area contributed by atoms with E-state index in [-0.39, 0.29) is 138 Å². The Morgan fingerprint density at radius 3 is 0.750 bits per heavy atom. The maximum absolute atomic E-state index is 4.50. The van der Waals surface area contributed by atoms with Gasteiger partial charge in [-0.25, -0.2) is 6.67 Å². The number of rotatable bonds is 0.